The van der Waals surface area contributed by atoms with E-state index in [-0.39, 0.29) is 12.5 Å². The molecule has 0 saturated heterocycles. The highest BCUT2D eigenvalue weighted by Crippen LogP contribution is 2.30. The molecule has 2 unspecified atom stereocenters. The minimum Gasteiger partial charge on any atom is -0.485 e. The topological polar surface area (TPSA) is 132 Å². The van der Waals surface area contributed by atoms with Gasteiger partial charge in [0.05, 0.1) is 0 Å². The zero-order chi connectivity index (χ0) is 17.7. The van der Waals surface area contributed by atoms with Crippen molar-refractivity contribution in [2.75, 3.05) is 6.61 Å². The largest absolute Gasteiger partial charge is 0.485 e. The second-order valence-corrected chi connectivity index (χ2v) is 5.57. The van der Waals surface area contributed by atoms with E-state index in [0.29, 0.717) is 11.5 Å². The van der Waals surface area contributed by atoms with Crippen LogP contribution in [0.15, 0.2) is 24.3 Å². The lowest BCUT2D eigenvalue weighted by Crippen LogP contribution is -2.57. The average Bonchev–Trinajstić information content (AvgIpc) is 2.56. The number of benzene rings is 1. The van der Waals surface area contributed by atoms with E-state index in [1.54, 1.807) is 38.1 Å². The first-order chi connectivity index (χ1) is 11.4. The van der Waals surface area contributed by atoms with Crippen molar-refractivity contribution in [3.8, 4) is 11.5 Å². The molecule has 1 aliphatic rings. The van der Waals surface area contributed by atoms with Crippen LogP contribution < -0.4 is 31.4 Å². The van der Waals surface area contributed by atoms with Gasteiger partial charge in [0.15, 0.2) is 11.5 Å². The van der Waals surface area contributed by atoms with Crippen LogP contribution in [0.3, 0.4) is 0 Å². The highest BCUT2D eigenvalue weighted by molar-refractivity contribution is 5.89. The van der Waals surface area contributed by atoms with Gasteiger partial charge in [-0.05, 0) is 18.1 Å². The number of fused-ring (bicyclic) bond motifs is 1. The molecule has 0 spiro atoms. The van der Waals surface area contributed by atoms with Crippen LogP contribution in [0.5, 0.6) is 11.5 Å². The number of hydrogen-bond acceptors (Lipinski definition) is 5. The molecule has 4 amide bonds. The Morgan fingerprint density at radius 2 is 1.83 bits per heavy atom. The Labute approximate surface area is 138 Å². The maximum Gasteiger partial charge on any atom is 0.312 e. The van der Waals surface area contributed by atoms with Crippen LogP contribution >= 0.6 is 0 Å². The Morgan fingerprint density at radius 3 is 2.46 bits per heavy atom. The molecule has 0 fully saturated rings. The first-order valence-electron chi connectivity index (χ1n) is 7.42. The third-order valence-electron chi connectivity index (χ3n) is 3.36. The van der Waals surface area contributed by atoms with Gasteiger partial charge in [-0.25, -0.2) is 4.79 Å². The molecule has 0 aromatic heterocycles. The van der Waals surface area contributed by atoms with Crippen LogP contribution in [0.25, 0.3) is 0 Å². The first kappa shape index (κ1) is 17.4. The molecule has 24 heavy (non-hydrogen) atoms. The highest BCUT2D eigenvalue weighted by atomic mass is 16.6. The molecule has 5 N–H and O–H groups in total. The summed E-state index contributed by atoms with van der Waals surface area (Å²) in [5.74, 6) is -0.369. The second-order valence-electron chi connectivity index (χ2n) is 5.57. The summed E-state index contributed by atoms with van der Waals surface area (Å²) in [6.45, 7) is 3.49. The molecule has 9 heteroatoms. The van der Waals surface area contributed by atoms with E-state index in [4.69, 9.17) is 15.2 Å². The van der Waals surface area contributed by atoms with Gasteiger partial charge in [0.25, 0.3) is 11.8 Å². The highest BCUT2D eigenvalue weighted by Gasteiger charge is 2.29. The van der Waals surface area contributed by atoms with E-state index in [1.165, 1.54) is 0 Å². The molecule has 9 nitrogen and oxygen atoms in total. The van der Waals surface area contributed by atoms with Crippen molar-refractivity contribution in [1.29, 1.82) is 0 Å². The Hall–Kier alpha value is -2.97. The van der Waals surface area contributed by atoms with Gasteiger partial charge >= 0.3 is 6.03 Å². The molecule has 1 aromatic rings. The smallest absolute Gasteiger partial charge is 0.312 e. The summed E-state index contributed by atoms with van der Waals surface area (Å²) in [6.07, 6.45) is -0.901. The molecule has 0 radical (unpaired) electrons. The molecule has 0 saturated carbocycles. The lowest BCUT2D eigenvalue weighted by molar-refractivity contribution is -0.135. The summed E-state index contributed by atoms with van der Waals surface area (Å²) in [4.78, 5) is 35.0. The van der Waals surface area contributed by atoms with Gasteiger partial charge in [-0.3, -0.25) is 20.4 Å². The van der Waals surface area contributed by atoms with Gasteiger partial charge in [-0.15, -0.1) is 0 Å². The summed E-state index contributed by atoms with van der Waals surface area (Å²) in [5.41, 5.74) is 9.54. The minimum absolute atomic E-state index is 0.0197. The number of primary amides is 1. The van der Waals surface area contributed by atoms with Gasteiger partial charge in [0, 0.05) is 0 Å². The summed E-state index contributed by atoms with van der Waals surface area (Å²) < 4.78 is 11.0. The molecule has 1 aliphatic heterocycles. The molecule has 2 rings (SSSR count). The van der Waals surface area contributed by atoms with Gasteiger partial charge in [-0.1, -0.05) is 26.0 Å². The van der Waals surface area contributed by atoms with E-state index < -0.39 is 30.0 Å². The number of nitrogens with one attached hydrogen (secondary N) is 3. The van der Waals surface area contributed by atoms with Crippen molar-refractivity contribution < 1.29 is 23.9 Å². The number of urea groups is 1. The number of rotatable bonds is 4. The number of nitrogens with two attached hydrogens (primary N) is 1. The number of hydrazine groups is 1. The van der Waals surface area contributed by atoms with Gasteiger partial charge < -0.3 is 20.5 Å². The average molecular weight is 336 g/mol. The lowest BCUT2D eigenvalue weighted by atomic mass is 10.0. The van der Waals surface area contributed by atoms with Crippen LogP contribution in [0.2, 0.25) is 0 Å². The number of amides is 4. The van der Waals surface area contributed by atoms with E-state index in [9.17, 15) is 14.4 Å². The summed E-state index contributed by atoms with van der Waals surface area (Å²) >= 11 is 0. The molecular formula is C15H20N4O5. The van der Waals surface area contributed by atoms with Crippen LogP contribution in [0.4, 0.5) is 4.79 Å². The third kappa shape index (κ3) is 4.28. The second kappa shape index (κ2) is 7.53. The monoisotopic (exact) mass is 336 g/mol. The van der Waals surface area contributed by atoms with Crippen molar-refractivity contribution in [2.24, 2.45) is 11.7 Å². The van der Waals surface area contributed by atoms with E-state index in [0.717, 1.165) is 0 Å². The van der Waals surface area contributed by atoms with Gasteiger partial charge in [0.2, 0.25) is 6.10 Å². The summed E-state index contributed by atoms with van der Waals surface area (Å²) in [5, 5.41) is 2.31. The van der Waals surface area contributed by atoms with Crippen LogP contribution in [0, 0.1) is 5.92 Å². The third-order valence-corrected chi connectivity index (χ3v) is 3.36. The van der Waals surface area contributed by atoms with Crippen molar-refractivity contribution in [1.82, 2.24) is 16.2 Å². The zero-order valence-corrected chi connectivity index (χ0v) is 13.4. The molecule has 0 bridgehead atoms. The maximum atomic E-state index is 12.1. The number of ether oxygens (including phenoxy) is 2. The van der Waals surface area contributed by atoms with Crippen molar-refractivity contribution >= 4 is 17.8 Å². The maximum absolute atomic E-state index is 12.1. The number of carbonyl (C=O) groups is 3. The van der Waals surface area contributed by atoms with Crippen LogP contribution in [0.1, 0.15) is 13.8 Å². The fourth-order valence-electron chi connectivity index (χ4n) is 2.12. The number of carbonyl (C=O) groups excluding carboxylic acids is 3. The Kier molecular flexibility index (Phi) is 5.46. The van der Waals surface area contributed by atoms with Crippen molar-refractivity contribution in [3.05, 3.63) is 24.3 Å². The first-order valence-corrected chi connectivity index (χ1v) is 7.42. The van der Waals surface area contributed by atoms with Gasteiger partial charge in [-0.2, -0.15) is 0 Å². The zero-order valence-electron chi connectivity index (χ0n) is 13.4. The minimum atomic E-state index is -0.901. The van der Waals surface area contributed by atoms with Gasteiger partial charge in [0.1, 0.15) is 12.6 Å². The fourth-order valence-corrected chi connectivity index (χ4v) is 2.12. The van der Waals surface area contributed by atoms with E-state index in [1.807, 2.05) is 0 Å². The fraction of sp³-hybridized carbons (Fsp3) is 0.400. The van der Waals surface area contributed by atoms with E-state index >= 15 is 0 Å². The Balaban J connectivity index is 1.89. The lowest BCUT2D eigenvalue weighted by Gasteiger charge is -2.26. The van der Waals surface area contributed by atoms with Crippen molar-refractivity contribution in [2.45, 2.75) is 26.0 Å². The predicted molar refractivity (Wildman–Crippen MR) is 84.0 cm³/mol. The number of para-hydroxylation sites is 2. The summed E-state index contributed by atoms with van der Waals surface area (Å²) in [6, 6.07) is 5.27. The van der Waals surface area contributed by atoms with Crippen LogP contribution in [-0.2, 0) is 9.59 Å². The molecular weight excluding hydrogens is 316 g/mol. The van der Waals surface area contributed by atoms with Crippen LogP contribution in [-0.4, -0.2) is 36.6 Å². The Morgan fingerprint density at radius 1 is 1.17 bits per heavy atom. The van der Waals surface area contributed by atoms with E-state index in [2.05, 4.69) is 16.2 Å². The molecule has 2 atom stereocenters. The quantitative estimate of drug-likeness (QED) is 0.559. The molecule has 1 heterocycles. The standard InChI is InChI=1S/C15H20N4O5/c1-8(2)12(17-15(16)22)14(21)19-18-13(20)11-7-23-9-5-3-4-6-10(9)24-11/h3-6,8,11-12H,7H2,1-2H3,(H,18,20)(H,19,21)(H3,16,17,22). The number of hydrogen-bond donors (Lipinski definition) is 4. The Bertz CT molecular complexity index is 634. The summed E-state index contributed by atoms with van der Waals surface area (Å²) in [7, 11) is 0. The SMILES string of the molecule is CC(C)C(NC(N)=O)C(=O)NNC(=O)C1COc2ccccc2O1. The molecule has 1 aromatic carbocycles. The molecule has 0 aliphatic carbocycles. The van der Waals surface area contributed by atoms with Crippen molar-refractivity contribution in [3.63, 3.8) is 0 Å². The molecule has 130 valence electrons. The predicted octanol–water partition coefficient (Wildman–Crippen LogP) is -0.333. The normalized spacial score (nSPS) is 16.9.